The van der Waals surface area contributed by atoms with Gasteiger partial charge in [-0.1, -0.05) is 91.0 Å². The van der Waals surface area contributed by atoms with Crippen LogP contribution in [0.5, 0.6) is 0 Å². The smallest absolute Gasteiger partial charge is 0.227 e. The topological polar surface area (TPSA) is 70.4 Å². The van der Waals surface area contributed by atoms with Crippen molar-refractivity contribution < 1.29 is 4.79 Å². The second-order valence-corrected chi connectivity index (χ2v) is 11.6. The maximum Gasteiger partial charge on any atom is 0.227 e. The van der Waals surface area contributed by atoms with E-state index in [2.05, 4.69) is 90.5 Å². The Morgan fingerprint density at radius 1 is 0.705 bits per heavy atom. The van der Waals surface area contributed by atoms with Gasteiger partial charge in [-0.3, -0.25) is 14.3 Å². The Balaban J connectivity index is 0.996. The molecule has 2 aromatic heterocycles. The minimum Gasteiger partial charge on any atom is -0.354 e. The molecule has 8 heteroatoms. The Morgan fingerprint density at radius 2 is 1.32 bits per heavy atom. The largest absolute Gasteiger partial charge is 0.354 e. The van der Waals surface area contributed by atoms with Gasteiger partial charge < -0.3 is 9.80 Å². The van der Waals surface area contributed by atoms with Crippen LogP contribution in [0, 0.1) is 5.92 Å². The standard InChI is InChI=1S/C36H37N7O/c44-36(41-25-23-40(24-26-41)34(28-11-4-1-5-12-28)29-13-6-2-7-14-29)31-17-10-21-42(27-31)32-18-19-33(39-38-32)43-22-20-37-35(43)30-15-8-3-9-16-30/h1-9,11-16,18-20,22,31,34H,10,17,21,23-27H2. The molecule has 3 aromatic carbocycles. The van der Waals surface area contributed by atoms with Crippen LogP contribution < -0.4 is 4.90 Å². The molecule has 5 aromatic rings. The highest BCUT2D eigenvalue weighted by molar-refractivity contribution is 5.80. The fraction of sp³-hybridized carbons (Fsp3) is 0.278. The normalized spacial score (nSPS) is 17.6. The zero-order valence-corrected chi connectivity index (χ0v) is 24.8. The first-order chi connectivity index (χ1) is 21.7. The minimum atomic E-state index is -0.0332. The number of anilines is 1. The third-order valence-corrected chi connectivity index (χ3v) is 8.87. The van der Waals surface area contributed by atoms with Crippen LogP contribution in [0.3, 0.4) is 0 Å². The van der Waals surface area contributed by atoms with E-state index in [9.17, 15) is 4.79 Å². The number of benzene rings is 3. The van der Waals surface area contributed by atoms with Crippen molar-refractivity contribution in [2.75, 3.05) is 44.2 Å². The van der Waals surface area contributed by atoms with Crippen molar-refractivity contribution in [2.24, 2.45) is 5.92 Å². The molecule has 4 heterocycles. The predicted octanol–water partition coefficient (Wildman–Crippen LogP) is 5.48. The fourth-order valence-corrected chi connectivity index (χ4v) is 6.63. The quantitative estimate of drug-likeness (QED) is 0.253. The van der Waals surface area contributed by atoms with E-state index in [1.807, 2.05) is 53.2 Å². The van der Waals surface area contributed by atoms with Crippen molar-refractivity contribution >= 4 is 11.7 Å². The molecule has 0 radical (unpaired) electrons. The van der Waals surface area contributed by atoms with E-state index in [1.54, 1.807) is 6.20 Å². The van der Waals surface area contributed by atoms with Gasteiger partial charge in [0.05, 0.1) is 12.0 Å². The monoisotopic (exact) mass is 583 g/mol. The summed E-state index contributed by atoms with van der Waals surface area (Å²) >= 11 is 0. The molecular formula is C36H37N7O. The van der Waals surface area contributed by atoms with E-state index in [-0.39, 0.29) is 17.9 Å². The van der Waals surface area contributed by atoms with Crippen molar-refractivity contribution in [1.29, 1.82) is 0 Å². The number of piperazine rings is 1. The zero-order chi connectivity index (χ0) is 29.7. The fourth-order valence-electron chi connectivity index (χ4n) is 6.63. The summed E-state index contributed by atoms with van der Waals surface area (Å²) in [5.41, 5.74) is 3.60. The van der Waals surface area contributed by atoms with Gasteiger partial charge in [0.1, 0.15) is 5.82 Å². The summed E-state index contributed by atoms with van der Waals surface area (Å²) in [4.78, 5) is 25.1. The number of hydrogen-bond acceptors (Lipinski definition) is 6. The van der Waals surface area contributed by atoms with Gasteiger partial charge in [-0.15, -0.1) is 10.2 Å². The molecule has 2 saturated heterocycles. The van der Waals surface area contributed by atoms with Gasteiger partial charge in [-0.25, -0.2) is 4.98 Å². The Bertz CT molecular complexity index is 1610. The Kier molecular flexibility index (Phi) is 8.15. The second kappa shape index (κ2) is 12.8. The molecule has 2 fully saturated rings. The summed E-state index contributed by atoms with van der Waals surface area (Å²) in [6, 6.07) is 35.7. The van der Waals surface area contributed by atoms with Gasteiger partial charge in [0.2, 0.25) is 5.91 Å². The molecule has 2 aliphatic heterocycles. The third-order valence-electron chi connectivity index (χ3n) is 8.87. The van der Waals surface area contributed by atoms with Crippen LogP contribution in [0.15, 0.2) is 116 Å². The number of hydrogen-bond donors (Lipinski definition) is 0. The van der Waals surface area contributed by atoms with Crippen molar-refractivity contribution in [3.63, 3.8) is 0 Å². The van der Waals surface area contributed by atoms with E-state index >= 15 is 0 Å². The molecule has 2 aliphatic rings. The van der Waals surface area contributed by atoms with Crippen molar-refractivity contribution in [2.45, 2.75) is 18.9 Å². The lowest BCUT2D eigenvalue weighted by Gasteiger charge is -2.42. The van der Waals surface area contributed by atoms with Gasteiger partial charge in [0.15, 0.2) is 11.6 Å². The molecule has 0 saturated carbocycles. The summed E-state index contributed by atoms with van der Waals surface area (Å²) in [5.74, 6) is 2.59. The van der Waals surface area contributed by atoms with Gasteiger partial charge in [0, 0.05) is 57.2 Å². The highest BCUT2D eigenvalue weighted by atomic mass is 16.2. The van der Waals surface area contributed by atoms with Crippen LogP contribution >= 0.6 is 0 Å². The van der Waals surface area contributed by atoms with E-state index in [0.29, 0.717) is 6.54 Å². The summed E-state index contributed by atoms with van der Waals surface area (Å²) in [6.45, 7) is 4.74. The summed E-state index contributed by atoms with van der Waals surface area (Å²) < 4.78 is 1.95. The maximum atomic E-state index is 13.8. The van der Waals surface area contributed by atoms with Crippen LogP contribution in [-0.4, -0.2) is 74.7 Å². The molecule has 1 unspecified atom stereocenters. The van der Waals surface area contributed by atoms with E-state index in [1.165, 1.54) is 11.1 Å². The molecular weight excluding hydrogens is 546 g/mol. The minimum absolute atomic E-state index is 0.0332. The molecule has 0 aliphatic carbocycles. The average molecular weight is 584 g/mol. The summed E-state index contributed by atoms with van der Waals surface area (Å²) in [7, 11) is 0. The number of rotatable bonds is 7. The number of aromatic nitrogens is 4. The summed E-state index contributed by atoms with van der Waals surface area (Å²) in [6.07, 6.45) is 5.56. The number of amides is 1. The van der Waals surface area contributed by atoms with Crippen LogP contribution in [0.2, 0.25) is 0 Å². The molecule has 0 bridgehead atoms. The molecule has 7 rings (SSSR count). The molecule has 0 N–H and O–H groups in total. The first-order valence-corrected chi connectivity index (χ1v) is 15.5. The van der Waals surface area contributed by atoms with Crippen molar-refractivity contribution in [3.05, 3.63) is 127 Å². The maximum absolute atomic E-state index is 13.8. The molecule has 0 spiro atoms. The molecule has 44 heavy (non-hydrogen) atoms. The predicted molar refractivity (Wildman–Crippen MR) is 172 cm³/mol. The van der Waals surface area contributed by atoms with Gasteiger partial charge in [0.25, 0.3) is 0 Å². The first kappa shape index (κ1) is 28.0. The van der Waals surface area contributed by atoms with E-state index < -0.39 is 0 Å². The number of piperidine rings is 1. The Labute approximate surface area is 258 Å². The highest BCUT2D eigenvalue weighted by Crippen LogP contribution is 2.30. The van der Waals surface area contributed by atoms with Crippen molar-refractivity contribution in [3.8, 4) is 17.2 Å². The number of carbonyl (C=O) groups is 1. The SMILES string of the molecule is O=C(C1CCCN(c2ccc(-n3ccnc3-c3ccccc3)nn2)C1)N1CCN(C(c2ccccc2)c2ccccc2)CC1. The highest BCUT2D eigenvalue weighted by Gasteiger charge is 2.33. The molecule has 1 atom stereocenters. The lowest BCUT2D eigenvalue weighted by Crippen LogP contribution is -2.53. The molecule has 222 valence electrons. The van der Waals surface area contributed by atoms with E-state index in [0.717, 1.165) is 68.6 Å². The van der Waals surface area contributed by atoms with Gasteiger partial charge in [-0.05, 0) is 36.1 Å². The number of imidazole rings is 1. The van der Waals surface area contributed by atoms with Gasteiger partial charge in [-0.2, -0.15) is 0 Å². The number of nitrogens with zero attached hydrogens (tertiary/aromatic N) is 7. The Hall–Kier alpha value is -4.82. The van der Waals surface area contributed by atoms with E-state index in [4.69, 9.17) is 0 Å². The lowest BCUT2D eigenvalue weighted by molar-refractivity contribution is -0.137. The van der Waals surface area contributed by atoms with Crippen LogP contribution in [-0.2, 0) is 4.79 Å². The van der Waals surface area contributed by atoms with Crippen molar-refractivity contribution in [1.82, 2.24) is 29.5 Å². The Morgan fingerprint density at radius 3 is 1.95 bits per heavy atom. The molecule has 1 amide bonds. The van der Waals surface area contributed by atoms with Crippen LogP contribution in [0.1, 0.15) is 30.0 Å². The number of carbonyl (C=O) groups excluding carboxylic acids is 1. The molecule has 8 nitrogen and oxygen atoms in total. The second-order valence-electron chi connectivity index (χ2n) is 11.6. The first-order valence-electron chi connectivity index (χ1n) is 15.5. The summed E-state index contributed by atoms with van der Waals surface area (Å²) in [5, 5.41) is 9.13. The lowest BCUT2D eigenvalue weighted by atomic mass is 9.95. The van der Waals surface area contributed by atoms with Gasteiger partial charge >= 0.3 is 0 Å². The third kappa shape index (κ3) is 5.85. The van der Waals surface area contributed by atoms with Crippen LogP contribution in [0.25, 0.3) is 17.2 Å². The van der Waals surface area contributed by atoms with Crippen LogP contribution in [0.4, 0.5) is 5.82 Å². The average Bonchev–Trinajstić information content (AvgIpc) is 3.60. The zero-order valence-electron chi connectivity index (χ0n) is 24.8.